The molecule has 0 saturated carbocycles. The fraction of sp³-hybridized carbons (Fsp3) is 0.182. The average Bonchev–Trinajstić information content (AvgIpc) is 2.30. The lowest BCUT2D eigenvalue weighted by Gasteiger charge is -2.08. The van der Waals surface area contributed by atoms with Gasteiger partial charge in [0.15, 0.2) is 0 Å². The Kier molecular flexibility index (Phi) is 5.78. The molecule has 3 N–H and O–H groups in total. The van der Waals surface area contributed by atoms with E-state index in [0.29, 0.717) is 15.2 Å². The number of anilines is 1. The molecule has 0 spiro atoms. The summed E-state index contributed by atoms with van der Waals surface area (Å²) in [5, 5.41) is 13.3. The van der Waals surface area contributed by atoms with Crippen LogP contribution in [0.2, 0.25) is 5.02 Å². The summed E-state index contributed by atoms with van der Waals surface area (Å²) in [4.78, 5) is 32.9. The number of urea groups is 1. The van der Waals surface area contributed by atoms with Crippen LogP contribution in [0.5, 0.6) is 0 Å². The third-order valence-corrected chi connectivity index (χ3v) is 2.89. The molecule has 0 aliphatic rings. The van der Waals surface area contributed by atoms with Crippen LogP contribution in [0.3, 0.4) is 0 Å². The van der Waals surface area contributed by atoms with Gasteiger partial charge < -0.3 is 10.4 Å². The van der Waals surface area contributed by atoms with E-state index in [-0.39, 0.29) is 12.8 Å². The Hall–Kier alpha value is -1.60. The molecule has 6 nitrogen and oxygen atoms in total. The summed E-state index contributed by atoms with van der Waals surface area (Å²) < 4.78 is 0.563. The number of carboxylic acids is 1. The third-order valence-electron chi connectivity index (χ3n) is 2.00. The molecule has 0 aliphatic carbocycles. The first-order valence-corrected chi connectivity index (χ1v) is 6.33. The van der Waals surface area contributed by atoms with E-state index in [1.165, 1.54) is 0 Å². The minimum Gasteiger partial charge on any atom is -0.481 e. The second-order valence-corrected chi connectivity index (χ2v) is 4.81. The van der Waals surface area contributed by atoms with Gasteiger partial charge in [0, 0.05) is 15.9 Å². The van der Waals surface area contributed by atoms with E-state index in [2.05, 4.69) is 21.2 Å². The first-order valence-electron chi connectivity index (χ1n) is 5.16. The van der Waals surface area contributed by atoms with Crippen LogP contribution in [0.1, 0.15) is 12.8 Å². The summed E-state index contributed by atoms with van der Waals surface area (Å²) in [7, 11) is 0. The van der Waals surface area contributed by atoms with Gasteiger partial charge in [0.25, 0.3) is 0 Å². The van der Waals surface area contributed by atoms with E-state index in [0.717, 1.165) is 0 Å². The molecule has 3 amide bonds. The largest absolute Gasteiger partial charge is 0.481 e. The summed E-state index contributed by atoms with van der Waals surface area (Å²) in [5.41, 5.74) is 0.438. The number of aliphatic carboxylic acids is 1. The molecule has 0 atom stereocenters. The monoisotopic (exact) mass is 348 g/mol. The Morgan fingerprint density at radius 1 is 1.26 bits per heavy atom. The van der Waals surface area contributed by atoms with Crippen molar-refractivity contribution in [3.05, 3.63) is 27.7 Å². The van der Waals surface area contributed by atoms with Crippen molar-refractivity contribution in [2.75, 3.05) is 5.32 Å². The zero-order valence-electron chi connectivity index (χ0n) is 9.57. The molecular weight excluding hydrogens is 339 g/mol. The van der Waals surface area contributed by atoms with E-state index >= 15 is 0 Å². The van der Waals surface area contributed by atoms with E-state index < -0.39 is 17.9 Å². The number of hydrogen-bond acceptors (Lipinski definition) is 3. The molecule has 0 unspecified atom stereocenters. The first-order chi connectivity index (χ1) is 8.88. The topological polar surface area (TPSA) is 95.5 Å². The maximum Gasteiger partial charge on any atom is 0.325 e. The smallest absolute Gasteiger partial charge is 0.325 e. The van der Waals surface area contributed by atoms with Crippen LogP contribution in [0.25, 0.3) is 0 Å². The Balaban J connectivity index is 2.51. The lowest BCUT2D eigenvalue weighted by Crippen LogP contribution is -2.34. The van der Waals surface area contributed by atoms with Crippen molar-refractivity contribution in [3.8, 4) is 0 Å². The highest BCUT2D eigenvalue weighted by molar-refractivity contribution is 9.10. The molecule has 0 heterocycles. The second-order valence-electron chi connectivity index (χ2n) is 3.52. The maximum atomic E-state index is 11.5. The van der Waals surface area contributed by atoms with Gasteiger partial charge in [-0.1, -0.05) is 11.6 Å². The molecular formula is C11H10BrClN2O4. The normalized spacial score (nSPS) is 9.79. The first kappa shape index (κ1) is 15.5. The predicted octanol–water partition coefficient (Wildman–Crippen LogP) is 2.62. The molecule has 102 valence electrons. The van der Waals surface area contributed by atoms with Gasteiger partial charge in [-0.15, -0.1) is 0 Å². The van der Waals surface area contributed by atoms with Crippen molar-refractivity contribution < 1.29 is 19.5 Å². The number of hydrogen-bond donors (Lipinski definition) is 3. The van der Waals surface area contributed by atoms with E-state index in [4.69, 9.17) is 16.7 Å². The Morgan fingerprint density at radius 2 is 1.95 bits per heavy atom. The number of imide groups is 1. The van der Waals surface area contributed by atoms with Crippen molar-refractivity contribution in [2.45, 2.75) is 12.8 Å². The van der Waals surface area contributed by atoms with Crippen LogP contribution < -0.4 is 10.6 Å². The van der Waals surface area contributed by atoms with Crippen LogP contribution in [0.15, 0.2) is 22.7 Å². The van der Waals surface area contributed by atoms with Crippen molar-refractivity contribution >= 4 is 51.1 Å². The van der Waals surface area contributed by atoms with Crippen LogP contribution in [0, 0.1) is 0 Å². The molecule has 1 aromatic rings. The predicted molar refractivity (Wildman–Crippen MR) is 73.2 cm³/mol. The number of amides is 3. The lowest BCUT2D eigenvalue weighted by molar-refractivity contribution is -0.138. The average molecular weight is 350 g/mol. The number of carboxylic acid groups (broad SMARTS) is 1. The fourth-order valence-corrected chi connectivity index (χ4v) is 1.94. The summed E-state index contributed by atoms with van der Waals surface area (Å²) in [6, 6.07) is 3.99. The summed E-state index contributed by atoms with van der Waals surface area (Å²) >= 11 is 8.94. The third kappa shape index (κ3) is 5.71. The summed E-state index contributed by atoms with van der Waals surface area (Å²) in [6.07, 6.45) is -0.589. The highest BCUT2D eigenvalue weighted by atomic mass is 79.9. The van der Waals surface area contributed by atoms with E-state index in [1.807, 2.05) is 5.32 Å². The highest BCUT2D eigenvalue weighted by Gasteiger charge is 2.11. The van der Waals surface area contributed by atoms with Gasteiger partial charge in [0.05, 0.1) is 12.1 Å². The molecule has 19 heavy (non-hydrogen) atoms. The minimum atomic E-state index is -1.10. The molecule has 0 bridgehead atoms. The van der Waals surface area contributed by atoms with E-state index in [1.54, 1.807) is 18.2 Å². The molecule has 0 saturated heterocycles. The summed E-state index contributed by atoms with van der Waals surface area (Å²) in [6.45, 7) is 0. The fourth-order valence-electron chi connectivity index (χ4n) is 1.15. The molecule has 0 radical (unpaired) electrons. The highest BCUT2D eigenvalue weighted by Crippen LogP contribution is 2.25. The molecule has 0 aromatic heterocycles. The van der Waals surface area contributed by atoms with Gasteiger partial charge in [0.2, 0.25) is 5.91 Å². The van der Waals surface area contributed by atoms with Gasteiger partial charge in [-0.25, -0.2) is 4.79 Å². The zero-order valence-corrected chi connectivity index (χ0v) is 11.9. The van der Waals surface area contributed by atoms with Gasteiger partial charge in [-0.3, -0.25) is 14.9 Å². The number of rotatable bonds is 4. The number of nitrogens with one attached hydrogen (secondary N) is 2. The Labute approximate surface area is 122 Å². The molecule has 1 rings (SSSR count). The standard InChI is InChI=1S/C11H10BrClN2O4/c12-7-5-6(13)1-2-8(7)14-11(19)15-9(16)3-4-10(17)18/h1-2,5H,3-4H2,(H,17,18)(H2,14,15,16,19). The number of carbonyl (C=O) groups is 3. The van der Waals surface area contributed by atoms with E-state index in [9.17, 15) is 14.4 Å². The van der Waals surface area contributed by atoms with Crippen molar-refractivity contribution in [1.29, 1.82) is 0 Å². The number of carbonyl (C=O) groups excluding carboxylic acids is 2. The van der Waals surface area contributed by atoms with Crippen molar-refractivity contribution in [3.63, 3.8) is 0 Å². The molecule has 8 heteroatoms. The summed E-state index contributed by atoms with van der Waals surface area (Å²) in [5.74, 6) is -1.76. The van der Waals surface area contributed by atoms with Crippen molar-refractivity contribution in [1.82, 2.24) is 5.32 Å². The van der Waals surface area contributed by atoms with Crippen LogP contribution in [-0.4, -0.2) is 23.0 Å². The quantitative estimate of drug-likeness (QED) is 0.778. The number of benzene rings is 1. The minimum absolute atomic E-state index is 0.259. The van der Waals surface area contributed by atoms with Gasteiger partial charge in [-0.05, 0) is 34.1 Å². The van der Waals surface area contributed by atoms with Gasteiger partial charge in [-0.2, -0.15) is 0 Å². The Morgan fingerprint density at radius 3 is 2.53 bits per heavy atom. The SMILES string of the molecule is O=C(O)CCC(=O)NC(=O)Nc1ccc(Cl)cc1Br. The molecule has 0 aliphatic heterocycles. The zero-order chi connectivity index (χ0) is 14.4. The van der Waals surface area contributed by atoms with Crippen LogP contribution >= 0.6 is 27.5 Å². The lowest BCUT2D eigenvalue weighted by atomic mass is 10.3. The maximum absolute atomic E-state index is 11.5. The van der Waals surface area contributed by atoms with Gasteiger partial charge >= 0.3 is 12.0 Å². The number of halogens is 2. The van der Waals surface area contributed by atoms with Gasteiger partial charge in [0.1, 0.15) is 0 Å². The second kappa shape index (κ2) is 7.10. The molecule has 1 aromatic carbocycles. The van der Waals surface area contributed by atoms with Crippen molar-refractivity contribution in [2.24, 2.45) is 0 Å². The van der Waals surface area contributed by atoms with Crippen LogP contribution in [-0.2, 0) is 9.59 Å². The van der Waals surface area contributed by atoms with Crippen LogP contribution in [0.4, 0.5) is 10.5 Å². The molecule has 0 fully saturated rings. The Bertz CT molecular complexity index is 521.